The molecule has 32 heavy (non-hydrogen) atoms. The lowest BCUT2D eigenvalue weighted by molar-refractivity contribution is 0.136. The standard InChI is InChI=1S/C28H27ClN2O/c29-25-14-12-24(13-15-25)28(32)16-20-30(21-17-28)18-5-19-31-26-8-3-1-6-22(26)10-11-23-7-2-4-9-27(23)31/h1-4,6-9,12-17,20-21,32H,5,10-11,18-19H2. The van der Waals surface area contributed by atoms with E-state index in [1.165, 1.54) is 22.5 Å². The SMILES string of the molecule is OC1(c2ccc(Cl)cc2)C=CN(CCCN2c3ccccc3CCc3ccccc32)C=C1. The topological polar surface area (TPSA) is 26.7 Å². The van der Waals surface area contributed by atoms with E-state index in [1.54, 1.807) is 12.1 Å². The van der Waals surface area contributed by atoms with Crippen LogP contribution < -0.4 is 4.90 Å². The molecule has 0 radical (unpaired) electrons. The number of benzene rings is 3. The number of anilines is 2. The van der Waals surface area contributed by atoms with Crippen LogP contribution >= 0.6 is 11.6 Å². The molecule has 4 heteroatoms. The summed E-state index contributed by atoms with van der Waals surface area (Å²) in [6.45, 7) is 1.82. The molecule has 2 aliphatic rings. The molecule has 0 aromatic heterocycles. The first-order valence-electron chi connectivity index (χ1n) is 11.2. The van der Waals surface area contributed by atoms with Crippen molar-refractivity contribution in [2.24, 2.45) is 0 Å². The molecule has 2 heterocycles. The molecule has 0 aliphatic carbocycles. The minimum Gasteiger partial charge on any atom is -0.377 e. The van der Waals surface area contributed by atoms with Crippen LogP contribution in [0.4, 0.5) is 11.4 Å². The molecule has 3 nitrogen and oxygen atoms in total. The lowest BCUT2D eigenvalue weighted by Gasteiger charge is -2.30. The Balaban J connectivity index is 1.28. The Labute approximate surface area is 194 Å². The maximum atomic E-state index is 11.0. The minimum atomic E-state index is -1.09. The van der Waals surface area contributed by atoms with Gasteiger partial charge in [0.2, 0.25) is 0 Å². The van der Waals surface area contributed by atoms with Gasteiger partial charge in [0, 0.05) is 41.9 Å². The quantitative estimate of drug-likeness (QED) is 0.509. The van der Waals surface area contributed by atoms with E-state index >= 15 is 0 Å². The molecular formula is C28H27ClN2O. The fourth-order valence-electron chi connectivity index (χ4n) is 4.60. The minimum absolute atomic E-state index is 0.666. The second kappa shape index (κ2) is 8.85. The van der Waals surface area contributed by atoms with E-state index in [0.29, 0.717) is 5.02 Å². The lowest BCUT2D eigenvalue weighted by atomic mass is 9.92. The van der Waals surface area contributed by atoms with Gasteiger partial charge in [-0.3, -0.25) is 0 Å². The van der Waals surface area contributed by atoms with Gasteiger partial charge in [-0.25, -0.2) is 0 Å². The second-order valence-corrected chi connectivity index (χ2v) is 8.90. The van der Waals surface area contributed by atoms with Gasteiger partial charge in [-0.05, 0) is 72.4 Å². The van der Waals surface area contributed by atoms with Crippen molar-refractivity contribution in [1.29, 1.82) is 0 Å². The van der Waals surface area contributed by atoms with Crippen molar-refractivity contribution in [1.82, 2.24) is 4.90 Å². The van der Waals surface area contributed by atoms with Gasteiger partial charge in [0.15, 0.2) is 0 Å². The first-order chi connectivity index (χ1) is 15.6. The average molecular weight is 443 g/mol. The molecule has 0 bridgehead atoms. The van der Waals surface area contributed by atoms with E-state index in [9.17, 15) is 5.11 Å². The summed E-state index contributed by atoms with van der Waals surface area (Å²) in [5.74, 6) is 0. The Morgan fingerprint density at radius 1 is 0.750 bits per heavy atom. The van der Waals surface area contributed by atoms with Gasteiger partial charge in [-0.15, -0.1) is 0 Å². The number of hydrogen-bond acceptors (Lipinski definition) is 3. The number of para-hydroxylation sites is 2. The molecule has 0 amide bonds. The van der Waals surface area contributed by atoms with E-state index in [0.717, 1.165) is 37.9 Å². The molecule has 5 rings (SSSR count). The maximum Gasteiger partial charge on any atom is 0.130 e. The summed E-state index contributed by atoms with van der Waals surface area (Å²) in [4.78, 5) is 4.61. The number of halogens is 1. The number of nitrogens with zero attached hydrogens (tertiary/aromatic N) is 2. The zero-order chi connectivity index (χ0) is 22.0. The summed E-state index contributed by atoms with van der Waals surface area (Å²) >= 11 is 5.98. The third-order valence-electron chi connectivity index (χ3n) is 6.37. The van der Waals surface area contributed by atoms with Crippen LogP contribution in [-0.2, 0) is 18.4 Å². The molecule has 0 saturated carbocycles. The van der Waals surface area contributed by atoms with E-state index < -0.39 is 5.60 Å². The van der Waals surface area contributed by atoms with Crippen LogP contribution in [-0.4, -0.2) is 23.1 Å². The van der Waals surface area contributed by atoms with Gasteiger partial charge < -0.3 is 14.9 Å². The molecule has 2 aliphatic heterocycles. The normalized spacial score (nSPS) is 16.4. The zero-order valence-electron chi connectivity index (χ0n) is 18.0. The molecule has 0 fully saturated rings. The number of rotatable bonds is 5. The fourth-order valence-corrected chi connectivity index (χ4v) is 4.73. The predicted octanol–water partition coefficient (Wildman–Crippen LogP) is 6.20. The van der Waals surface area contributed by atoms with Crippen molar-refractivity contribution < 1.29 is 5.11 Å². The third-order valence-corrected chi connectivity index (χ3v) is 6.63. The molecule has 0 saturated heterocycles. The van der Waals surface area contributed by atoms with Crippen molar-refractivity contribution in [2.45, 2.75) is 24.9 Å². The van der Waals surface area contributed by atoms with Gasteiger partial charge in [0.1, 0.15) is 5.60 Å². The van der Waals surface area contributed by atoms with Crippen LogP contribution in [0, 0.1) is 0 Å². The van der Waals surface area contributed by atoms with Crippen LogP contribution in [0.5, 0.6) is 0 Å². The molecule has 162 valence electrons. The van der Waals surface area contributed by atoms with E-state index in [4.69, 9.17) is 11.6 Å². The van der Waals surface area contributed by atoms with Crippen molar-refractivity contribution >= 4 is 23.0 Å². The van der Waals surface area contributed by atoms with Crippen LogP contribution in [0.3, 0.4) is 0 Å². The van der Waals surface area contributed by atoms with Gasteiger partial charge in [-0.1, -0.05) is 60.1 Å². The molecule has 3 aromatic carbocycles. The summed E-state index contributed by atoms with van der Waals surface area (Å²) < 4.78 is 0. The summed E-state index contributed by atoms with van der Waals surface area (Å²) in [5, 5.41) is 11.6. The van der Waals surface area contributed by atoms with Gasteiger partial charge in [-0.2, -0.15) is 0 Å². The number of fused-ring (bicyclic) bond motifs is 2. The predicted molar refractivity (Wildman–Crippen MR) is 132 cm³/mol. The van der Waals surface area contributed by atoms with Gasteiger partial charge >= 0.3 is 0 Å². The summed E-state index contributed by atoms with van der Waals surface area (Å²) in [7, 11) is 0. The molecule has 0 atom stereocenters. The van der Waals surface area contributed by atoms with Crippen molar-refractivity contribution in [3.05, 3.63) is 119 Å². The number of hydrogen-bond donors (Lipinski definition) is 1. The summed E-state index contributed by atoms with van der Waals surface area (Å²) in [5.41, 5.74) is 5.18. The van der Waals surface area contributed by atoms with E-state index in [-0.39, 0.29) is 0 Å². The Bertz CT molecular complexity index is 1090. The molecular weight excluding hydrogens is 416 g/mol. The largest absolute Gasteiger partial charge is 0.377 e. The highest BCUT2D eigenvalue weighted by atomic mass is 35.5. The van der Waals surface area contributed by atoms with E-state index in [1.807, 2.05) is 36.7 Å². The Morgan fingerprint density at radius 3 is 1.91 bits per heavy atom. The van der Waals surface area contributed by atoms with E-state index in [2.05, 4.69) is 58.3 Å². The van der Waals surface area contributed by atoms with Gasteiger partial charge in [0.25, 0.3) is 0 Å². The number of aliphatic hydroxyl groups is 1. The first-order valence-corrected chi connectivity index (χ1v) is 11.6. The molecule has 0 spiro atoms. The van der Waals surface area contributed by atoms with Crippen molar-refractivity contribution in [2.75, 3.05) is 18.0 Å². The Kier molecular flexibility index (Phi) is 5.77. The van der Waals surface area contributed by atoms with Crippen LogP contribution in [0.2, 0.25) is 5.02 Å². The van der Waals surface area contributed by atoms with Gasteiger partial charge in [0.05, 0.1) is 0 Å². The molecule has 0 unspecified atom stereocenters. The smallest absolute Gasteiger partial charge is 0.130 e. The molecule has 3 aromatic rings. The van der Waals surface area contributed by atoms with Crippen LogP contribution in [0.25, 0.3) is 0 Å². The highest BCUT2D eigenvalue weighted by Crippen LogP contribution is 2.36. The monoisotopic (exact) mass is 442 g/mol. The van der Waals surface area contributed by atoms with Crippen LogP contribution in [0.15, 0.2) is 97.3 Å². The first kappa shape index (κ1) is 20.9. The third kappa shape index (κ3) is 4.19. The highest BCUT2D eigenvalue weighted by Gasteiger charge is 2.26. The maximum absolute atomic E-state index is 11.0. The summed E-state index contributed by atoms with van der Waals surface area (Å²) in [6.07, 6.45) is 10.8. The number of aryl methyl sites for hydroxylation is 2. The summed E-state index contributed by atoms with van der Waals surface area (Å²) in [6, 6.07) is 24.9. The highest BCUT2D eigenvalue weighted by molar-refractivity contribution is 6.30. The molecule has 1 N–H and O–H groups in total. The Hall–Kier alpha value is -3.01. The lowest BCUT2D eigenvalue weighted by Crippen LogP contribution is -2.28. The fraction of sp³-hybridized carbons (Fsp3) is 0.214. The second-order valence-electron chi connectivity index (χ2n) is 8.46. The average Bonchev–Trinajstić information content (AvgIpc) is 2.98. The Morgan fingerprint density at radius 2 is 1.31 bits per heavy atom. The zero-order valence-corrected chi connectivity index (χ0v) is 18.7. The van der Waals surface area contributed by atoms with Crippen LogP contribution in [0.1, 0.15) is 23.1 Å². The van der Waals surface area contributed by atoms with Crippen molar-refractivity contribution in [3.63, 3.8) is 0 Å². The van der Waals surface area contributed by atoms with Crippen molar-refractivity contribution in [3.8, 4) is 0 Å².